The summed E-state index contributed by atoms with van der Waals surface area (Å²) in [7, 11) is 0. The van der Waals surface area contributed by atoms with Crippen LogP contribution < -0.4 is 0 Å². The number of ketones is 4. The lowest BCUT2D eigenvalue weighted by Gasteiger charge is -2.10. The van der Waals surface area contributed by atoms with Gasteiger partial charge in [-0.1, -0.05) is 120 Å². The van der Waals surface area contributed by atoms with Crippen LogP contribution >= 0.6 is 47.0 Å². The zero-order valence-electron chi connectivity index (χ0n) is 63.1. The molecule has 0 fully saturated rings. The van der Waals surface area contributed by atoms with E-state index in [4.69, 9.17) is 0 Å². The largest absolute Gasteiger partial charge is 0.508 e. The summed E-state index contributed by atoms with van der Waals surface area (Å²) >= 11 is 4.84. The summed E-state index contributed by atoms with van der Waals surface area (Å²) in [6, 6.07) is 53.9. The number of phenolic OH excluding ortho intramolecular Hbond substituents is 1. The number of nitrogens with zero attached hydrogens (tertiary/aromatic N) is 13. The zero-order chi connectivity index (χ0) is 83.4. The number of hydrogen-bond donors (Lipinski definition) is 8. The molecule has 0 unspecified atom stereocenters. The van der Waals surface area contributed by atoms with Crippen molar-refractivity contribution in [3.63, 3.8) is 0 Å². The number of hydrogen-bond acceptors (Lipinski definition) is 26. The number of thioether (sulfide) groups is 4. The maximum Gasteiger partial charge on any atom is 0.273 e. The summed E-state index contributed by atoms with van der Waals surface area (Å²) < 4.78 is 0. The van der Waals surface area contributed by atoms with Gasteiger partial charge in [-0.3, -0.25) is 85.1 Å². The number of aryl methyl sites for hydroxylation is 1. The number of para-hydroxylation sites is 1. The standard InChI is InChI=1S/C23H17N5O3S.C21H18N6O3S.C19H15N5O3S.C18H16N4O4S/c1-13(29)12-32-23-25-22(26-27-23)16-8-15(9-17(10-16)28(30)31)14-6-7-19-18-4-2-3-5-20(18)24-21(19)11-14;1-12(28)11-31-21-23-20(25-26-21)16-9-17(13(2)19(10-16)27(29)30)14-3-5-15(6-4-14)18-7-8-22-24-18;1-11(25)10-28-19-21-18(22-23-19)15-6-14(7-16(8-15)24(26)27)13-3-2-12-4-5-20-17(12)9-13;1-10-5-15(24)3-4-16(10)12-6-13(8-14(7-12)22(25)26)17-19-18(21-20-17)27-9-11(2)23/h2-11,24H,12H2,1H3,(H,25,26,27);3-10H,11H2,1-2H3,(H,22,24)(H,23,25,26);2-9,20H,10H2,1H3,(H,21,22,23);3-8,24H,9H2,1-2H3,(H,19,20,21). The Labute approximate surface area is 684 Å². The second kappa shape index (κ2) is 36.4. The minimum Gasteiger partial charge on any atom is -0.508 e. The van der Waals surface area contributed by atoms with E-state index in [-0.39, 0.29) is 74.6 Å². The van der Waals surface area contributed by atoms with Crippen molar-refractivity contribution < 1.29 is 44.0 Å². The highest BCUT2D eigenvalue weighted by Gasteiger charge is 2.24. The average Bonchev–Trinajstić information content (AvgIpc) is 1.61. The minimum atomic E-state index is -0.468. The smallest absolute Gasteiger partial charge is 0.273 e. The van der Waals surface area contributed by atoms with Gasteiger partial charge in [0.15, 0.2) is 23.3 Å². The van der Waals surface area contributed by atoms with Gasteiger partial charge in [0.2, 0.25) is 20.6 Å². The Bertz CT molecular complexity index is 6530. The molecule has 0 saturated heterocycles. The summed E-state index contributed by atoms with van der Waals surface area (Å²) in [6.45, 7) is 9.51. The van der Waals surface area contributed by atoms with Gasteiger partial charge in [-0.25, -0.2) is 19.9 Å². The first-order chi connectivity index (χ1) is 56.7. The number of nitro benzene ring substituents is 4. The molecule has 8 N–H and O–H groups in total. The van der Waals surface area contributed by atoms with Crippen molar-refractivity contribution in [3.8, 4) is 107 Å². The number of aromatic amines is 7. The van der Waals surface area contributed by atoms with Gasteiger partial charge in [0.05, 0.1) is 48.4 Å². The van der Waals surface area contributed by atoms with E-state index in [1.165, 1.54) is 117 Å². The lowest BCUT2D eigenvalue weighted by atomic mass is 9.95. The van der Waals surface area contributed by atoms with Crippen LogP contribution in [0.2, 0.25) is 0 Å². The third-order valence-corrected chi connectivity index (χ3v) is 21.8. The van der Waals surface area contributed by atoms with Crippen LogP contribution in [0, 0.1) is 54.3 Å². The van der Waals surface area contributed by atoms with Crippen LogP contribution in [0.1, 0.15) is 38.8 Å². The van der Waals surface area contributed by atoms with Crippen LogP contribution in [0.5, 0.6) is 5.75 Å². The monoisotopic (exact) mass is 1650 g/mol. The molecule has 0 spiro atoms. The van der Waals surface area contributed by atoms with Crippen molar-refractivity contribution >= 4 is 126 Å². The molecule has 0 aliphatic carbocycles. The molecule has 118 heavy (non-hydrogen) atoms. The fourth-order valence-corrected chi connectivity index (χ4v) is 14.7. The molecule has 9 aromatic carbocycles. The highest BCUT2D eigenvalue weighted by Crippen LogP contribution is 2.40. The van der Waals surface area contributed by atoms with E-state index in [1.807, 2.05) is 122 Å². The fraction of sp³-hybridized carbons (Fsp3) is 0.123. The number of aromatic nitrogens is 16. The highest BCUT2D eigenvalue weighted by molar-refractivity contribution is 8.00. The lowest BCUT2D eigenvalue weighted by molar-refractivity contribution is -0.385. The Morgan fingerprint density at radius 2 is 0.822 bits per heavy atom. The van der Waals surface area contributed by atoms with Gasteiger partial charge in [0, 0.05) is 110 Å². The van der Waals surface area contributed by atoms with Crippen LogP contribution in [-0.4, -0.2) is 152 Å². The molecule has 7 aromatic heterocycles. The number of benzene rings is 9. The van der Waals surface area contributed by atoms with Gasteiger partial charge in [0.25, 0.3) is 22.7 Å². The van der Waals surface area contributed by atoms with E-state index in [1.54, 1.807) is 37.4 Å². The Kier molecular flexibility index (Phi) is 25.1. The molecule has 16 rings (SSSR count). The van der Waals surface area contributed by atoms with Crippen molar-refractivity contribution in [3.05, 3.63) is 246 Å². The maximum absolute atomic E-state index is 11.7. The van der Waals surface area contributed by atoms with Crippen LogP contribution in [0.4, 0.5) is 22.7 Å². The molecule has 37 heteroatoms. The van der Waals surface area contributed by atoms with Crippen LogP contribution in [0.3, 0.4) is 0 Å². The first kappa shape index (κ1) is 81.6. The molecule has 33 nitrogen and oxygen atoms in total. The number of carbonyl (C=O) groups is 4. The topological polar surface area (TPSA) is 488 Å². The van der Waals surface area contributed by atoms with Crippen molar-refractivity contribution in [1.29, 1.82) is 0 Å². The van der Waals surface area contributed by atoms with E-state index in [0.717, 1.165) is 77.3 Å². The van der Waals surface area contributed by atoms with Gasteiger partial charge in [-0.15, -0.1) is 20.4 Å². The summed E-state index contributed by atoms with van der Waals surface area (Å²) in [5, 5.41) is 95.0. The van der Waals surface area contributed by atoms with Crippen molar-refractivity contribution in [1.82, 2.24) is 80.9 Å². The van der Waals surface area contributed by atoms with Crippen molar-refractivity contribution in [2.45, 2.75) is 62.2 Å². The summed E-state index contributed by atoms with van der Waals surface area (Å²) in [5.41, 5.74) is 14.2. The summed E-state index contributed by atoms with van der Waals surface area (Å²) in [6.07, 6.45) is 3.53. The molecule has 16 aromatic rings. The fourth-order valence-electron chi connectivity index (χ4n) is 12.3. The van der Waals surface area contributed by atoms with Crippen LogP contribution in [0.25, 0.3) is 134 Å². The van der Waals surface area contributed by atoms with E-state index in [0.29, 0.717) is 88.4 Å². The number of non-ortho nitro benzene ring substituents is 3. The number of rotatable bonds is 25. The number of Topliss-reactive ketones (excluding diaryl/α,β-unsaturated/α-hetero) is 4. The summed E-state index contributed by atoms with van der Waals surface area (Å²) in [5.74, 6) is 2.86. The van der Waals surface area contributed by atoms with Gasteiger partial charge in [0.1, 0.15) is 28.9 Å². The SMILES string of the molecule is CC(=O)CSc1n[nH]c(-c2cc(-c3ccc(-c4ccn[nH]4)cc3)c(C)c([N+](=O)[O-])c2)n1.CC(=O)CSc1n[nH]c(-c2cc(-c3ccc(O)cc3C)cc([N+](=O)[O-])c2)n1.CC(=O)CSc1n[nH]c(-c2cc(-c3ccc4c(c3)[nH]c3ccccc34)cc([N+](=O)[O-])c2)n1.CC(=O)CSc1n[nH]c(-c2cc(-c3ccc4cc[nH]c4c3)cc([N+](=O)[O-])c2)n1. The predicted molar refractivity (Wildman–Crippen MR) is 451 cm³/mol. The van der Waals surface area contributed by atoms with E-state index >= 15 is 0 Å². The van der Waals surface area contributed by atoms with Crippen LogP contribution in [-0.2, 0) is 19.2 Å². The molecule has 592 valence electrons. The maximum atomic E-state index is 11.7. The molecule has 0 saturated carbocycles. The molecular weight excluding hydrogens is 1590 g/mol. The second-order valence-electron chi connectivity index (χ2n) is 26.6. The third kappa shape index (κ3) is 20.0. The lowest BCUT2D eigenvalue weighted by Crippen LogP contribution is -1.96. The van der Waals surface area contributed by atoms with Crippen molar-refractivity contribution in [2.75, 3.05) is 23.0 Å². The number of H-pyrrole nitrogens is 7. The quantitative estimate of drug-likeness (QED) is 0.0150. The third-order valence-electron chi connectivity index (χ3n) is 17.8. The number of nitrogens with one attached hydrogen (secondary N) is 7. The Hall–Kier alpha value is -14.4. The summed E-state index contributed by atoms with van der Waals surface area (Å²) in [4.78, 5) is 113. The zero-order valence-corrected chi connectivity index (χ0v) is 66.4. The Morgan fingerprint density at radius 1 is 0.390 bits per heavy atom. The predicted octanol–water partition coefficient (Wildman–Crippen LogP) is 17.7. The molecule has 0 amide bonds. The molecular formula is C81H66N20O13S4. The second-order valence-corrected chi connectivity index (χ2v) is 30.4. The minimum absolute atomic E-state index is 0.000478. The molecule has 7 heterocycles. The highest BCUT2D eigenvalue weighted by atomic mass is 32.2. The number of carbonyl (C=O) groups excluding carboxylic acids is 4. The number of aromatic hydroxyl groups is 1. The molecule has 0 bridgehead atoms. The first-order valence-corrected chi connectivity index (χ1v) is 39.5. The van der Waals surface area contributed by atoms with E-state index < -0.39 is 19.7 Å². The van der Waals surface area contributed by atoms with Gasteiger partial charge in [-0.2, -0.15) is 5.10 Å². The Balaban J connectivity index is 0.000000137. The average molecular weight is 1660 g/mol. The van der Waals surface area contributed by atoms with Crippen molar-refractivity contribution in [2.24, 2.45) is 0 Å². The molecule has 0 aliphatic heterocycles. The van der Waals surface area contributed by atoms with Crippen LogP contribution in [0.15, 0.2) is 215 Å². The van der Waals surface area contributed by atoms with E-state index in [9.17, 15) is 64.7 Å². The number of phenols is 1. The van der Waals surface area contributed by atoms with Gasteiger partial charge in [-0.05, 0) is 169 Å². The molecule has 0 atom stereocenters. The molecule has 0 radical (unpaired) electrons. The first-order valence-electron chi connectivity index (χ1n) is 35.6. The van der Waals surface area contributed by atoms with E-state index in [2.05, 4.69) is 87.0 Å². The number of nitro groups is 4. The Morgan fingerprint density at radius 3 is 1.29 bits per heavy atom. The van der Waals surface area contributed by atoms with Gasteiger partial charge >= 0.3 is 0 Å². The van der Waals surface area contributed by atoms with Gasteiger partial charge < -0.3 is 15.1 Å². The number of fused-ring (bicyclic) bond motifs is 4. The normalized spacial score (nSPS) is 11.0. The molecule has 0 aliphatic rings.